The van der Waals surface area contributed by atoms with Gasteiger partial charge in [-0.15, -0.1) is 10.2 Å². The first-order valence-corrected chi connectivity index (χ1v) is 4.01. The van der Waals surface area contributed by atoms with Crippen LogP contribution in [0, 0.1) is 0 Å². The molecule has 1 radical (unpaired) electrons. The molecule has 1 heterocycles. The van der Waals surface area contributed by atoms with E-state index in [0.717, 1.165) is 19.3 Å². The van der Waals surface area contributed by atoms with Gasteiger partial charge in [-0.05, 0) is 12.8 Å². The molecule has 13 heavy (non-hydrogen) atoms. The Balaban J connectivity index is 1.99. The minimum absolute atomic E-state index is 0.528. The molecule has 1 aromatic heterocycles. The van der Waals surface area contributed by atoms with E-state index < -0.39 is 6.03 Å². The number of carbonyl (C=O) groups excluding carboxylic acids is 1. The predicted octanol–water partition coefficient (Wildman–Crippen LogP) is -0.485. The number of nitrogens with zero attached hydrogens (tertiary/aromatic N) is 3. The highest BCUT2D eigenvalue weighted by molar-refractivity contribution is 5.70. The summed E-state index contributed by atoms with van der Waals surface area (Å²) in [5.74, 6) is 0.678. The Morgan fingerprint density at radius 2 is 2.38 bits per heavy atom. The molecule has 0 aliphatic rings. The molecule has 0 saturated heterocycles. The SMILES string of the molecule is [NH]C(=O)NCCCCc1nn[nH]n1. The van der Waals surface area contributed by atoms with E-state index in [4.69, 9.17) is 5.73 Å². The van der Waals surface area contributed by atoms with Crippen molar-refractivity contribution >= 4 is 6.03 Å². The van der Waals surface area contributed by atoms with Crippen LogP contribution in [0.15, 0.2) is 0 Å². The topological polar surface area (TPSA) is 107 Å². The highest BCUT2D eigenvalue weighted by atomic mass is 16.2. The molecule has 0 atom stereocenters. The maximum Gasteiger partial charge on any atom is 0.333 e. The second kappa shape index (κ2) is 5.07. The fraction of sp³-hybridized carbons (Fsp3) is 0.667. The first-order valence-electron chi connectivity index (χ1n) is 4.01. The number of H-pyrrole nitrogens is 1. The number of amides is 2. The number of rotatable bonds is 5. The second-order valence-corrected chi connectivity index (χ2v) is 2.54. The number of nitrogens with one attached hydrogen (secondary N) is 3. The molecular weight excluding hydrogens is 172 g/mol. The normalized spacial score (nSPS) is 9.85. The van der Waals surface area contributed by atoms with Crippen LogP contribution in [-0.4, -0.2) is 33.2 Å². The maximum absolute atomic E-state index is 10.2. The number of hydrogen-bond acceptors (Lipinski definition) is 4. The molecule has 3 N–H and O–H groups in total. The van der Waals surface area contributed by atoms with Gasteiger partial charge in [-0.3, -0.25) is 0 Å². The van der Waals surface area contributed by atoms with Gasteiger partial charge in [0.05, 0.1) is 0 Å². The summed E-state index contributed by atoms with van der Waals surface area (Å²) < 4.78 is 0. The molecule has 7 heteroatoms. The summed E-state index contributed by atoms with van der Waals surface area (Å²) in [5, 5.41) is 15.7. The minimum atomic E-state index is -0.737. The minimum Gasteiger partial charge on any atom is -0.337 e. The van der Waals surface area contributed by atoms with Gasteiger partial charge in [-0.1, -0.05) is 5.21 Å². The Hall–Kier alpha value is -1.66. The zero-order valence-electron chi connectivity index (χ0n) is 7.08. The van der Waals surface area contributed by atoms with E-state index in [0.29, 0.717) is 12.4 Å². The van der Waals surface area contributed by atoms with E-state index in [1.54, 1.807) is 0 Å². The van der Waals surface area contributed by atoms with Gasteiger partial charge in [0.2, 0.25) is 0 Å². The van der Waals surface area contributed by atoms with Crippen molar-refractivity contribution in [3.8, 4) is 0 Å². The molecular formula is C6H11N6O. The lowest BCUT2D eigenvalue weighted by molar-refractivity contribution is 0.247. The van der Waals surface area contributed by atoms with Gasteiger partial charge in [-0.25, -0.2) is 10.5 Å². The summed E-state index contributed by atoms with van der Waals surface area (Å²) in [6, 6.07) is -0.737. The molecule has 0 saturated carbocycles. The Bertz CT molecular complexity index is 246. The van der Waals surface area contributed by atoms with Gasteiger partial charge >= 0.3 is 6.03 Å². The molecule has 2 amide bonds. The number of unbranched alkanes of at least 4 members (excludes halogenated alkanes) is 1. The standard InChI is InChI=1S/C6H11N6O/c7-6(13)8-4-2-1-3-5-9-11-12-10-5/h7H,1-4H2,(H,8,13)(H,9,10,11,12). The zero-order valence-corrected chi connectivity index (χ0v) is 7.08. The summed E-state index contributed by atoms with van der Waals surface area (Å²) in [5.41, 5.74) is 6.56. The Labute approximate surface area is 75.1 Å². The van der Waals surface area contributed by atoms with Crippen LogP contribution in [-0.2, 0) is 6.42 Å². The van der Waals surface area contributed by atoms with Crippen molar-refractivity contribution in [2.75, 3.05) is 6.54 Å². The highest BCUT2D eigenvalue weighted by Crippen LogP contribution is 1.95. The summed E-state index contributed by atoms with van der Waals surface area (Å²) >= 11 is 0. The van der Waals surface area contributed by atoms with Gasteiger partial charge in [-0.2, -0.15) is 5.21 Å². The molecule has 0 unspecified atom stereocenters. The van der Waals surface area contributed by atoms with Crippen molar-refractivity contribution in [2.45, 2.75) is 19.3 Å². The average molecular weight is 183 g/mol. The Kier molecular flexibility index (Phi) is 3.68. The third kappa shape index (κ3) is 4.04. The van der Waals surface area contributed by atoms with E-state index in [1.807, 2.05) is 0 Å². The van der Waals surface area contributed by atoms with E-state index in [9.17, 15) is 4.79 Å². The summed E-state index contributed by atoms with van der Waals surface area (Å²) in [6.07, 6.45) is 2.43. The van der Waals surface area contributed by atoms with Crippen molar-refractivity contribution in [3.05, 3.63) is 5.82 Å². The molecule has 0 aromatic carbocycles. The van der Waals surface area contributed by atoms with E-state index >= 15 is 0 Å². The van der Waals surface area contributed by atoms with Gasteiger partial charge in [0.25, 0.3) is 0 Å². The summed E-state index contributed by atoms with van der Waals surface area (Å²) in [4.78, 5) is 10.2. The number of tetrazole rings is 1. The molecule has 0 spiro atoms. The molecule has 0 bridgehead atoms. The van der Waals surface area contributed by atoms with Crippen LogP contribution in [0.2, 0.25) is 0 Å². The van der Waals surface area contributed by atoms with Crippen LogP contribution in [0.1, 0.15) is 18.7 Å². The van der Waals surface area contributed by atoms with E-state index in [-0.39, 0.29) is 0 Å². The second-order valence-electron chi connectivity index (χ2n) is 2.54. The number of carbonyl (C=O) groups is 1. The van der Waals surface area contributed by atoms with Crippen LogP contribution < -0.4 is 11.1 Å². The first kappa shape index (κ1) is 9.43. The van der Waals surface area contributed by atoms with Gasteiger partial charge in [0, 0.05) is 13.0 Å². The zero-order chi connectivity index (χ0) is 9.52. The number of aromatic nitrogens is 4. The first-order chi connectivity index (χ1) is 6.29. The number of hydrogen-bond donors (Lipinski definition) is 2. The van der Waals surface area contributed by atoms with Crippen LogP contribution in [0.3, 0.4) is 0 Å². The molecule has 1 aromatic rings. The fourth-order valence-electron chi connectivity index (χ4n) is 0.898. The molecule has 7 nitrogen and oxygen atoms in total. The average Bonchev–Trinajstić information content (AvgIpc) is 2.55. The van der Waals surface area contributed by atoms with Gasteiger partial charge < -0.3 is 5.32 Å². The molecule has 0 fully saturated rings. The number of urea groups is 1. The quantitative estimate of drug-likeness (QED) is 0.600. The van der Waals surface area contributed by atoms with Gasteiger partial charge in [0.1, 0.15) is 0 Å². The lowest BCUT2D eigenvalue weighted by Gasteiger charge is -1.98. The largest absolute Gasteiger partial charge is 0.337 e. The molecule has 1 rings (SSSR count). The maximum atomic E-state index is 10.2. The van der Waals surface area contributed by atoms with Gasteiger partial charge in [0.15, 0.2) is 5.82 Å². The molecule has 0 aliphatic carbocycles. The number of aromatic amines is 1. The van der Waals surface area contributed by atoms with Crippen LogP contribution >= 0.6 is 0 Å². The summed E-state index contributed by atoms with van der Waals surface area (Å²) in [6.45, 7) is 0.528. The van der Waals surface area contributed by atoms with Crippen molar-refractivity contribution in [2.24, 2.45) is 0 Å². The van der Waals surface area contributed by atoms with Crippen molar-refractivity contribution in [3.63, 3.8) is 0 Å². The highest BCUT2D eigenvalue weighted by Gasteiger charge is 1.97. The predicted molar refractivity (Wildman–Crippen MR) is 43.6 cm³/mol. The van der Waals surface area contributed by atoms with E-state index in [1.165, 1.54) is 0 Å². The smallest absolute Gasteiger partial charge is 0.333 e. The van der Waals surface area contributed by atoms with Crippen molar-refractivity contribution < 1.29 is 4.79 Å². The van der Waals surface area contributed by atoms with Crippen molar-refractivity contribution in [1.82, 2.24) is 31.7 Å². The van der Waals surface area contributed by atoms with Crippen LogP contribution in [0.25, 0.3) is 0 Å². The molecule has 71 valence electrons. The fourth-order valence-corrected chi connectivity index (χ4v) is 0.898. The van der Waals surface area contributed by atoms with E-state index in [2.05, 4.69) is 25.9 Å². The Morgan fingerprint density at radius 1 is 1.54 bits per heavy atom. The lowest BCUT2D eigenvalue weighted by Crippen LogP contribution is -2.23. The third-order valence-corrected chi connectivity index (χ3v) is 1.50. The molecule has 0 aliphatic heterocycles. The lowest BCUT2D eigenvalue weighted by atomic mass is 10.2. The third-order valence-electron chi connectivity index (χ3n) is 1.50. The monoisotopic (exact) mass is 183 g/mol. The van der Waals surface area contributed by atoms with Crippen molar-refractivity contribution in [1.29, 1.82) is 0 Å². The van der Waals surface area contributed by atoms with Crippen LogP contribution in [0.5, 0.6) is 0 Å². The Morgan fingerprint density at radius 3 is 3.00 bits per heavy atom. The number of aryl methyl sites for hydroxylation is 1. The van der Waals surface area contributed by atoms with Crippen LogP contribution in [0.4, 0.5) is 4.79 Å². The summed E-state index contributed by atoms with van der Waals surface area (Å²) in [7, 11) is 0.